The number of aliphatic imine (C=N–C) groups is 1. The second-order valence-corrected chi connectivity index (χ2v) is 8.26. The van der Waals surface area contributed by atoms with Crippen LogP contribution in [-0.2, 0) is 9.47 Å². The molecular formula is C22H44N4O2. The summed E-state index contributed by atoms with van der Waals surface area (Å²) < 4.78 is 11.2. The molecule has 0 aromatic carbocycles. The molecule has 2 saturated heterocycles. The normalized spacial score (nSPS) is 22.4. The summed E-state index contributed by atoms with van der Waals surface area (Å²) >= 11 is 0. The lowest BCUT2D eigenvalue weighted by atomic mass is 10.0. The fourth-order valence-electron chi connectivity index (χ4n) is 4.00. The highest BCUT2D eigenvalue weighted by Gasteiger charge is 2.17. The summed E-state index contributed by atoms with van der Waals surface area (Å²) in [5.41, 5.74) is 0. The highest BCUT2D eigenvalue weighted by Crippen LogP contribution is 2.16. The number of likely N-dealkylation sites (tertiary alicyclic amines) is 1. The zero-order valence-corrected chi connectivity index (χ0v) is 18.4. The lowest BCUT2D eigenvalue weighted by Crippen LogP contribution is -2.39. The van der Waals surface area contributed by atoms with Crippen molar-refractivity contribution in [3.05, 3.63) is 0 Å². The predicted molar refractivity (Wildman–Crippen MR) is 117 cm³/mol. The van der Waals surface area contributed by atoms with E-state index in [1.165, 1.54) is 45.2 Å². The largest absolute Gasteiger partial charge is 0.381 e. The molecule has 0 radical (unpaired) electrons. The summed E-state index contributed by atoms with van der Waals surface area (Å²) in [4.78, 5) is 7.34. The molecule has 0 amide bonds. The average Bonchev–Trinajstić information content (AvgIpc) is 2.72. The maximum Gasteiger partial charge on any atom is 0.191 e. The average molecular weight is 397 g/mol. The van der Waals surface area contributed by atoms with Crippen LogP contribution in [0.25, 0.3) is 0 Å². The zero-order valence-electron chi connectivity index (χ0n) is 18.4. The Morgan fingerprint density at radius 3 is 2.75 bits per heavy atom. The van der Waals surface area contributed by atoms with E-state index in [9.17, 15) is 0 Å². The minimum atomic E-state index is 0.684. The molecule has 2 rings (SSSR count). The summed E-state index contributed by atoms with van der Waals surface area (Å²) in [7, 11) is 0. The van der Waals surface area contributed by atoms with E-state index in [4.69, 9.17) is 9.47 Å². The summed E-state index contributed by atoms with van der Waals surface area (Å²) in [6.45, 7) is 13.2. The van der Waals surface area contributed by atoms with Gasteiger partial charge in [-0.2, -0.15) is 0 Å². The van der Waals surface area contributed by atoms with Gasteiger partial charge in [0, 0.05) is 52.1 Å². The molecule has 0 aromatic heterocycles. The van der Waals surface area contributed by atoms with Gasteiger partial charge in [-0.15, -0.1) is 0 Å². The number of guanidine groups is 1. The van der Waals surface area contributed by atoms with E-state index in [1.807, 2.05) is 0 Å². The van der Waals surface area contributed by atoms with Crippen LogP contribution in [0, 0.1) is 5.92 Å². The predicted octanol–water partition coefficient (Wildman–Crippen LogP) is 3.03. The fraction of sp³-hybridized carbons (Fsp3) is 0.955. The van der Waals surface area contributed by atoms with Crippen molar-refractivity contribution in [3.63, 3.8) is 0 Å². The maximum atomic E-state index is 5.82. The van der Waals surface area contributed by atoms with Crippen LogP contribution in [0.15, 0.2) is 4.99 Å². The molecule has 1 unspecified atom stereocenters. The van der Waals surface area contributed by atoms with Crippen molar-refractivity contribution < 1.29 is 9.47 Å². The van der Waals surface area contributed by atoms with Gasteiger partial charge in [-0.05, 0) is 77.8 Å². The van der Waals surface area contributed by atoms with E-state index in [-0.39, 0.29) is 0 Å². The van der Waals surface area contributed by atoms with Gasteiger partial charge in [-0.3, -0.25) is 4.99 Å². The van der Waals surface area contributed by atoms with Gasteiger partial charge in [-0.25, -0.2) is 0 Å². The van der Waals surface area contributed by atoms with Crippen LogP contribution in [0.5, 0.6) is 0 Å². The Labute approximate surface area is 172 Å². The smallest absolute Gasteiger partial charge is 0.191 e. The number of nitrogens with zero attached hydrogens (tertiary/aromatic N) is 2. The highest BCUT2D eigenvalue weighted by atomic mass is 16.5. The molecule has 0 spiro atoms. The van der Waals surface area contributed by atoms with E-state index in [1.54, 1.807) is 0 Å². The number of ether oxygens (including phenoxy) is 2. The zero-order chi connectivity index (χ0) is 19.9. The molecule has 28 heavy (non-hydrogen) atoms. The SMILES string of the molecule is CCNC(=NCCCOCC1CCOCC1)NCCCCN1CCCCC1C. The van der Waals surface area contributed by atoms with Crippen LogP contribution in [-0.4, -0.2) is 76.1 Å². The monoisotopic (exact) mass is 396 g/mol. The molecule has 6 heteroatoms. The topological polar surface area (TPSA) is 58.1 Å². The van der Waals surface area contributed by atoms with E-state index in [0.717, 1.165) is 77.3 Å². The number of unbranched alkanes of at least 4 members (excludes halogenated alkanes) is 1. The van der Waals surface area contributed by atoms with Crippen molar-refractivity contribution in [2.24, 2.45) is 10.9 Å². The Balaban J connectivity index is 1.49. The van der Waals surface area contributed by atoms with Crippen LogP contribution in [0.3, 0.4) is 0 Å². The molecule has 2 N–H and O–H groups in total. The number of rotatable bonds is 12. The summed E-state index contributed by atoms with van der Waals surface area (Å²) in [5.74, 6) is 1.63. The van der Waals surface area contributed by atoms with Gasteiger partial charge >= 0.3 is 0 Å². The first kappa shape index (κ1) is 23.4. The van der Waals surface area contributed by atoms with Gasteiger partial charge in [0.1, 0.15) is 0 Å². The third kappa shape index (κ3) is 10.1. The molecular weight excluding hydrogens is 352 g/mol. The minimum Gasteiger partial charge on any atom is -0.381 e. The van der Waals surface area contributed by atoms with Crippen LogP contribution in [0.2, 0.25) is 0 Å². The van der Waals surface area contributed by atoms with Gasteiger partial charge in [0.05, 0.1) is 0 Å². The Bertz CT molecular complexity index is 413. The lowest BCUT2D eigenvalue weighted by molar-refractivity contribution is 0.0205. The third-order valence-electron chi connectivity index (χ3n) is 5.86. The molecule has 2 aliphatic rings. The van der Waals surface area contributed by atoms with Crippen LogP contribution in [0.1, 0.15) is 65.2 Å². The minimum absolute atomic E-state index is 0.684. The lowest BCUT2D eigenvalue weighted by Gasteiger charge is -2.33. The molecule has 164 valence electrons. The first-order chi connectivity index (χ1) is 13.8. The van der Waals surface area contributed by atoms with Crippen LogP contribution in [0.4, 0.5) is 0 Å². The Hall–Kier alpha value is -0.850. The summed E-state index contributed by atoms with van der Waals surface area (Å²) in [5, 5.41) is 6.82. The fourth-order valence-corrected chi connectivity index (χ4v) is 4.00. The second-order valence-electron chi connectivity index (χ2n) is 8.26. The Kier molecular flexibility index (Phi) is 12.6. The quantitative estimate of drug-likeness (QED) is 0.302. The van der Waals surface area contributed by atoms with Crippen molar-refractivity contribution >= 4 is 5.96 Å². The molecule has 2 aliphatic heterocycles. The van der Waals surface area contributed by atoms with Crippen LogP contribution >= 0.6 is 0 Å². The highest BCUT2D eigenvalue weighted by molar-refractivity contribution is 5.79. The van der Waals surface area contributed by atoms with Crippen molar-refractivity contribution in [1.29, 1.82) is 0 Å². The van der Waals surface area contributed by atoms with Crippen molar-refractivity contribution in [2.45, 2.75) is 71.3 Å². The maximum absolute atomic E-state index is 5.82. The summed E-state index contributed by atoms with van der Waals surface area (Å²) in [6.07, 6.45) is 9.87. The van der Waals surface area contributed by atoms with E-state index >= 15 is 0 Å². The molecule has 0 aromatic rings. The molecule has 2 heterocycles. The molecule has 6 nitrogen and oxygen atoms in total. The molecule has 0 aliphatic carbocycles. The molecule has 0 saturated carbocycles. The molecule has 0 bridgehead atoms. The number of hydrogen-bond donors (Lipinski definition) is 2. The van der Waals surface area contributed by atoms with E-state index in [0.29, 0.717) is 5.92 Å². The Morgan fingerprint density at radius 1 is 1.11 bits per heavy atom. The Morgan fingerprint density at radius 2 is 1.96 bits per heavy atom. The van der Waals surface area contributed by atoms with E-state index in [2.05, 4.69) is 34.4 Å². The third-order valence-corrected chi connectivity index (χ3v) is 5.86. The second kappa shape index (κ2) is 15.1. The van der Waals surface area contributed by atoms with Crippen molar-refractivity contribution in [2.75, 3.05) is 59.2 Å². The first-order valence-electron chi connectivity index (χ1n) is 11.7. The van der Waals surface area contributed by atoms with Gasteiger partial charge in [0.15, 0.2) is 5.96 Å². The van der Waals surface area contributed by atoms with Gasteiger partial charge in [0.2, 0.25) is 0 Å². The molecule has 1 atom stereocenters. The van der Waals surface area contributed by atoms with Crippen molar-refractivity contribution in [3.8, 4) is 0 Å². The first-order valence-corrected chi connectivity index (χ1v) is 11.7. The molecule has 2 fully saturated rings. The van der Waals surface area contributed by atoms with Gasteiger partial charge < -0.3 is 25.0 Å². The van der Waals surface area contributed by atoms with Crippen molar-refractivity contribution in [1.82, 2.24) is 15.5 Å². The summed E-state index contributed by atoms with van der Waals surface area (Å²) in [6, 6.07) is 0.772. The number of piperidine rings is 1. The van der Waals surface area contributed by atoms with Gasteiger partial charge in [0.25, 0.3) is 0 Å². The standard InChI is InChI=1S/C22H44N4O2/c1-3-23-22(24-12-5-7-15-26-14-6-4-9-20(26)2)25-13-8-16-28-19-21-10-17-27-18-11-21/h20-21H,3-19H2,1-2H3,(H2,23,24,25). The van der Waals surface area contributed by atoms with E-state index < -0.39 is 0 Å². The van der Waals surface area contributed by atoms with Gasteiger partial charge in [-0.1, -0.05) is 6.42 Å². The van der Waals surface area contributed by atoms with Crippen LogP contribution < -0.4 is 10.6 Å². The number of hydrogen-bond acceptors (Lipinski definition) is 4. The number of nitrogens with one attached hydrogen (secondary N) is 2.